The molecule has 1 N–H and O–H groups in total. The van der Waals surface area contributed by atoms with Gasteiger partial charge in [-0.3, -0.25) is 0 Å². The average molecular weight is 296 g/mol. The lowest BCUT2D eigenvalue weighted by Crippen LogP contribution is -2.24. The van der Waals surface area contributed by atoms with Gasteiger partial charge in [-0.05, 0) is 19.4 Å². The molecule has 1 aromatic carbocycles. The van der Waals surface area contributed by atoms with E-state index in [0.29, 0.717) is 0 Å². The maximum Gasteiger partial charge on any atom is 0.216 e. The lowest BCUT2D eigenvalue weighted by molar-refractivity contribution is 0.580. The fourth-order valence-corrected chi connectivity index (χ4v) is 3.62. The van der Waals surface area contributed by atoms with E-state index in [4.69, 9.17) is 0 Å². The highest BCUT2D eigenvalue weighted by molar-refractivity contribution is 7.88. The summed E-state index contributed by atoms with van der Waals surface area (Å²) in [5.74, 6) is -0.000955. The van der Waals surface area contributed by atoms with Crippen molar-refractivity contribution in [2.45, 2.75) is 26.1 Å². The third-order valence-corrected chi connectivity index (χ3v) is 4.76. The Morgan fingerprint density at radius 2 is 2.11 bits per heavy atom. The summed E-state index contributed by atoms with van der Waals surface area (Å²) in [5.41, 5.74) is 1.85. The van der Waals surface area contributed by atoms with Gasteiger partial charge in [0.05, 0.1) is 12.3 Å². The van der Waals surface area contributed by atoms with Crippen LogP contribution in [0, 0.1) is 13.8 Å². The van der Waals surface area contributed by atoms with Gasteiger partial charge in [0.1, 0.15) is 5.01 Å². The first-order valence-corrected chi connectivity index (χ1v) is 8.36. The van der Waals surface area contributed by atoms with Crippen molar-refractivity contribution in [2.24, 2.45) is 0 Å². The fraction of sp³-hybridized carbons (Fsp3) is 0.308. The predicted octanol–water partition coefficient (Wildman–Crippen LogP) is 2.38. The lowest BCUT2D eigenvalue weighted by atomic mass is 10.2. The molecular weight excluding hydrogens is 280 g/mol. The summed E-state index contributed by atoms with van der Waals surface area (Å²) in [6.07, 6.45) is 1.74. The summed E-state index contributed by atoms with van der Waals surface area (Å²) in [5, 5.41) is 0.783. The normalized spacial score (nSPS) is 11.7. The van der Waals surface area contributed by atoms with Crippen LogP contribution in [0.25, 0.3) is 0 Å². The second-order valence-electron chi connectivity index (χ2n) is 4.43. The van der Waals surface area contributed by atoms with E-state index >= 15 is 0 Å². The van der Waals surface area contributed by atoms with E-state index in [1.807, 2.05) is 38.1 Å². The summed E-state index contributed by atoms with van der Waals surface area (Å²) < 4.78 is 26.5. The maximum atomic E-state index is 12.0. The topological polar surface area (TPSA) is 59.1 Å². The highest BCUT2D eigenvalue weighted by Gasteiger charge is 2.12. The van der Waals surface area contributed by atoms with Crippen molar-refractivity contribution in [3.8, 4) is 0 Å². The van der Waals surface area contributed by atoms with Crippen LogP contribution in [0.15, 0.2) is 30.5 Å². The van der Waals surface area contributed by atoms with Crippen LogP contribution in [0.5, 0.6) is 0 Å². The van der Waals surface area contributed by atoms with E-state index in [-0.39, 0.29) is 12.3 Å². The summed E-state index contributed by atoms with van der Waals surface area (Å²) >= 11 is 1.50. The molecule has 1 heterocycles. The number of hydrogen-bond donors (Lipinski definition) is 1. The van der Waals surface area contributed by atoms with Crippen molar-refractivity contribution in [2.75, 3.05) is 0 Å². The minimum atomic E-state index is -3.32. The first-order valence-electron chi connectivity index (χ1n) is 5.89. The SMILES string of the molecule is Cc1cccc(CS(=O)(=O)NCc2ncc(C)s2)c1. The Kier molecular flexibility index (Phi) is 4.34. The number of thiazole rings is 1. The van der Waals surface area contributed by atoms with Gasteiger partial charge in [0.25, 0.3) is 0 Å². The molecule has 19 heavy (non-hydrogen) atoms. The monoisotopic (exact) mass is 296 g/mol. The fourth-order valence-electron chi connectivity index (χ4n) is 1.73. The molecule has 6 heteroatoms. The molecule has 102 valence electrons. The molecule has 0 aliphatic rings. The number of hydrogen-bond acceptors (Lipinski definition) is 4. The van der Waals surface area contributed by atoms with Gasteiger partial charge in [-0.2, -0.15) is 0 Å². The third-order valence-electron chi connectivity index (χ3n) is 2.55. The van der Waals surface area contributed by atoms with Crippen LogP contribution < -0.4 is 4.72 Å². The largest absolute Gasteiger partial charge is 0.248 e. The van der Waals surface area contributed by atoms with Gasteiger partial charge >= 0.3 is 0 Å². The number of sulfonamides is 1. The Hall–Kier alpha value is -1.24. The van der Waals surface area contributed by atoms with E-state index in [0.717, 1.165) is 21.0 Å². The predicted molar refractivity (Wildman–Crippen MR) is 77.5 cm³/mol. The van der Waals surface area contributed by atoms with Gasteiger partial charge in [-0.25, -0.2) is 18.1 Å². The van der Waals surface area contributed by atoms with Crippen molar-refractivity contribution >= 4 is 21.4 Å². The smallest absolute Gasteiger partial charge is 0.216 e. The van der Waals surface area contributed by atoms with Gasteiger partial charge in [-0.1, -0.05) is 29.8 Å². The van der Waals surface area contributed by atoms with Crippen molar-refractivity contribution < 1.29 is 8.42 Å². The third kappa shape index (κ3) is 4.41. The minimum absolute atomic E-state index is 0.000955. The summed E-state index contributed by atoms with van der Waals surface area (Å²) in [6.45, 7) is 4.15. The van der Waals surface area contributed by atoms with Crippen LogP contribution in [0.4, 0.5) is 0 Å². The van der Waals surface area contributed by atoms with Gasteiger partial charge in [-0.15, -0.1) is 11.3 Å². The highest BCUT2D eigenvalue weighted by atomic mass is 32.2. The molecule has 0 saturated heterocycles. The molecule has 0 aliphatic heterocycles. The second-order valence-corrected chi connectivity index (χ2v) is 7.56. The Balaban J connectivity index is 1.99. The molecule has 2 rings (SSSR count). The van der Waals surface area contributed by atoms with E-state index in [1.165, 1.54) is 11.3 Å². The van der Waals surface area contributed by atoms with Gasteiger partial charge < -0.3 is 0 Å². The van der Waals surface area contributed by atoms with E-state index in [2.05, 4.69) is 9.71 Å². The molecule has 0 bridgehead atoms. The molecule has 4 nitrogen and oxygen atoms in total. The van der Waals surface area contributed by atoms with Gasteiger partial charge in [0, 0.05) is 11.1 Å². The molecule has 0 spiro atoms. The Morgan fingerprint density at radius 1 is 1.32 bits per heavy atom. The molecule has 0 radical (unpaired) electrons. The molecular formula is C13H16N2O2S2. The Labute approximate surface area is 117 Å². The molecule has 0 fully saturated rings. The van der Waals surface area contributed by atoms with Crippen LogP contribution in [-0.4, -0.2) is 13.4 Å². The molecule has 1 aromatic heterocycles. The number of nitrogens with one attached hydrogen (secondary N) is 1. The molecule has 0 aliphatic carbocycles. The summed E-state index contributed by atoms with van der Waals surface area (Å²) in [7, 11) is -3.32. The number of rotatable bonds is 5. The van der Waals surface area contributed by atoms with Gasteiger partial charge in [0.15, 0.2) is 0 Å². The lowest BCUT2D eigenvalue weighted by Gasteiger charge is -2.06. The zero-order chi connectivity index (χ0) is 13.9. The van der Waals surface area contributed by atoms with Crippen LogP contribution in [0.2, 0.25) is 0 Å². The van der Waals surface area contributed by atoms with Crippen molar-refractivity contribution in [1.29, 1.82) is 0 Å². The van der Waals surface area contributed by atoms with E-state index in [9.17, 15) is 8.42 Å². The summed E-state index contributed by atoms with van der Waals surface area (Å²) in [4.78, 5) is 5.21. The zero-order valence-electron chi connectivity index (χ0n) is 10.9. The standard InChI is InChI=1S/C13H16N2O2S2/c1-10-4-3-5-12(6-10)9-19(16,17)15-8-13-14-7-11(2)18-13/h3-7,15H,8-9H2,1-2H3. The zero-order valence-corrected chi connectivity index (χ0v) is 12.5. The number of nitrogens with zero attached hydrogens (tertiary/aromatic N) is 1. The first-order chi connectivity index (χ1) is 8.94. The molecule has 0 atom stereocenters. The Bertz CT molecular complexity index is 663. The van der Waals surface area contributed by atoms with Crippen molar-refractivity contribution in [1.82, 2.24) is 9.71 Å². The van der Waals surface area contributed by atoms with Crippen LogP contribution in [0.1, 0.15) is 21.0 Å². The van der Waals surface area contributed by atoms with Crippen molar-refractivity contribution in [3.63, 3.8) is 0 Å². The highest BCUT2D eigenvalue weighted by Crippen LogP contribution is 2.12. The molecule has 0 saturated carbocycles. The molecule has 2 aromatic rings. The van der Waals surface area contributed by atoms with Crippen LogP contribution >= 0.6 is 11.3 Å². The summed E-state index contributed by atoms with van der Waals surface area (Å²) in [6, 6.07) is 7.51. The number of benzene rings is 1. The van der Waals surface area contributed by atoms with Crippen molar-refractivity contribution in [3.05, 3.63) is 51.5 Å². The Morgan fingerprint density at radius 3 is 2.74 bits per heavy atom. The number of aromatic nitrogens is 1. The van der Waals surface area contributed by atoms with Crippen LogP contribution in [0.3, 0.4) is 0 Å². The van der Waals surface area contributed by atoms with Gasteiger partial charge in [0.2, 0.25) is 10.0 Å². The van der Waals surface area contributed by atoms with E-state index in [1.54, 1.807) is 6.20 Å². The molecule has 0 unspecified atom stereocenters. The molecule has 0 amide bonds. The first kappa shape index (κ1) is 14.2. The maximum absolute atomic E-state index is 12.0. The average Bonchev–Trinajstić information content (AvgIpc) is 2.72. The second kappa shape index (κ2) is 5.81. The van der Waals surface area contributed by atoms with E-state index < -0.39 is 10.0 Å². The quantitative estimate of drug-likeness (QED) is 0.921. The van der Waals surface area contributed by atoms with Crippen LogP contribution in [-0.2, 0) is 22.3 Å². The minimum Gasteiger partial charge on any atom is -0.248 e. The number of aryl methyl sites for hydroxylation is 2.